The second-order valence-electron chi connectivity index (χ2n) is 3.16. The molecule has 1 N–H and O–H groups in total. The molecule has 0 aromatic carbocycles. The highest BCUT2D eigenvalue weighted by Gasteiger charge is 2.06. The summed E-state index contributed by atoms with van der Waals surface area (Å²) in [6.45, 7) is 4.16. The van der Waals surface area contributed by atoms with Crippen molar-refractivity contribution >= 4 is 11.9 Å². The van der Waals surface area contributed by atoms with E-state index >= 15 is 0 Å². The van der Waals surface area contributed by atoms with E-state index in [9.17, 15) is 9.59 Å². The average Bonchev–Trinajstić information content (AvgIpc) is 2.22. The quantitative estimate of drug-likeness (QED) is 0.376. The van der Waals surface area contributed by atoms with E-state index < -0.39 is 5.97 Å². The Kier molecular flexibility index (Phi) is 8.76. The number of hydrogen-bond acceptors (Lipinski definition) is 4. The summed E-state index contributed by atoms with van der Waals surface area (Å²) in [4.78, 5) is 31.0. The van der Waals surface area contributed by atoms with E-state index in [-0.39, 0.29) is 12.5 Å². The number of unbranched alkanes of at least 4 members (excludes halogenated alkanes) is 1. The third kappa shape index (κ3) is 9.21. The molecule has 0 aromatic rings. The Morgan fingerprint density at radius 1 is 1.20 bits per heavy atom. The van der Waals surface area contributed by atoms with Crippen molar-refractivity contribution in [2.45, 2.75) is 39.5 Å². The van der Waals surface area contributed by atoms with Gasteiger partial charge in [0.15, 0.2) is 0 Å². The lowest BCUT2D eigenvalue weighted by Crippen LogP contribution is -2.30. The predicted molar refractivity (Wildman–Crippen MR) is 54.9 cm³/mol. The van der Waals surface area contributed by atoms with Crippen LogP contribution in [0.4, 0.5) is 0 Å². The second-order valence-corrected chi connectivity index (χ2v) is 3.16. The van der Waals surface area contributed by atoms with Crippen molar-refractivity contribution in [1.82, 2.24) is 5.32 Å². The number of carbonyl (C=O) groups excluding carboxylic acids is 2. The van der Waals surface area contributed by atoms with Gasteiger partial charge in [-0.25, -0.2) is 4.79 Å². The third-order valence-electron chi connectivity index (χ3n) is 1.64. The highest BCUT2D eigenvalue weighted by Crippen LogP contribution is 1.90. The molecular formula is C10H19NO4. The SMILES string of the molecule is CCCCOOC(=O)CNC(=O)CCC. The van der Waals surface area contributed by atoms with Gasteiger partial charge in [-0.2, -0.15) is 4.89 Å². The Hall–Kier alpha value is -1.10. The van der Waals surface area contributed by atoms with Gasteiger partial charge in [-0.15, -0.1) is 0 Å². The molecule has 88 valence electrons. The minimum absolute atomic E-state index is 0.134. The summed E-state index contributed by atoms with van der Waals surface area (Å²) >= 11 is 0. The summed E-state index contributed by atoms with van der Waals surface area (Å²) in [6.07, 6.45) is 3.00. The van der Waals surface area contributed by atoms with Crippen LogP contribution >= 0.6 is 0 Å². The van der Waals surface area contributed by atoms with E-state index in [1.165, 1.54) is 0 Å². The number of nitrogens with one attached hydrogen (secondary N) is 1. The normalized spacial score (nSPS) is 9.73. The Morgan fingerprint density at radius 3 is 2.53 bits per heavy atom. The lowest BCUT2D eigenvalue weighted by Gasteiger charge is -2.04. The van der Waals surface area contributed by atoms with E-state index in [1.54, 1.807) is 0 Å². The van der Waals surface area contributed by atoms with Crippen LogP contribution in [0.2, 0.25) is 0 Å². The first-order valence-electron chi connectivity index (χ1n) is 5.29. The maximum Gasteiger partial charge on any atom is 0.361 e. The van der Waals surface area contributed by atoms with Crippen LogP contribution in [0.1, 0.15) is 39.5 Å². The molecule has 0 fully saturated rings. The van der Waals surface area contributed by atoms with Crippen LogP contribution in [-0.2, 0) is 19.4 Å². The van der Waals surface area contributed by atoms with E-state index in [4.69, 9.17) is 0 Å². The van der Waals surface area contributed by atoms with Gasteiger partial charge in [0, 0.05) is 6.42 Å². The zero-order valence-electron chi connectivity index (χ0n) is 9.38. The molecule has 0 saturated heterocycles. The van der Waals surface area contributed by atoms with E-state index in [0.29, 0.717) is 13.0 Å². The van der Waals surface area contributed by atoms with Gasteiger partial charge in [0.2, 0.25) is 5.91 Å². The van der Waals surface area contributed by atoms with E-state index in [2.05, 4.69) is 15.1 Å². The molecule has 5 heteroatoms. The van der Waals surface area contributed by atoms with Crippen molar-refractivity contribution in [3.8, 4) is 0 Å². The second kappa shape index (κ2) is 9.45. The molecule has 0 aliphatic carbocycles. The van der Waals surface area contributed by atoms with Crippen LogP contribution in [0, 0.1) is 0 Å². The molecule has 0 rings (SSSR count). The lowest BCUT2D eigenvalue weighted by molar-refractivity contribution is -0.271. The van der Waals surface area contributed by atoms with Crippen molar-refractivity contribution in [3.05, 3.63) is 0 Å². The van der Waals surface area contributed by atoms with Crippen LogP contribution in [0.5, 0.6) is 0 Å². The molecule has 0 aliphatic heterocycles. The maximum atomic E-state index is 11.0. The highest BCUT2D eigenvalue weighted by molar-refractivity contribution is 5.81. The Labute approximate surface area is 90.1 Å². The number of rotatable bonds is 8. The van der Waals surface area contributed by atoms with Crippen LogP contribution < -0.4 is 5.32 Å². The third-order valence-corrected chi connectivity index (χ3v) is 1.64. The maximum absolute atomic E-state index is 11.0. The Balaban J connectivity index is 3.36. The van der Waals surface area contributed by atoms with Crippen molar-refractivity contribution in [3.63, 3.8) is 0 Å². The van der Waals surface area contributed by atoms with Crippen LogP contribution in [0.3, 0.4) is 0 Å². The molecule has 0 bridgehead atoms. The monoisotopic (exact) mass is 217 g/mol. The van der Waals surface area contributed by atoms with Gasteiger partial charge in [0.25, 0.3) is 0 Å². The van der Waals surface area contributed by atoms with Crippen LogP contribution in [-0.4, -0.2) is 25.0 Å². The minimum Gasteiger partial charge on any atom is -0.345 e. The minimum atomic E-state index is -0.574. The van der Waals surface area contributed by atoms with Crippen LogP contribution in [0.25, 0.3) is 0 Å². The molecule has 0 aliphatic rings. The standard InChI is InChI=1S/C10H19NO4/c1-3-5-7-14-15-10(13)8-11-9(12)6-4-2/h3-8H2,1-2H3,(H,11,12). The number of hydrogen-bond donors (Lipinski definition) is 1. The molecule has 1 amide bonds. The van der Waals surface area contributed by atoms with Gasteiger partial charge in [0.1, 0.15) is 6.54 Å². The molecule has 0 aromatic heterocycles. The first kappa shape index (κ1) is 13.9. The average molecular weight is 217 g/mol. The largest absolute Gasteiger partial charge is 0.361 e. The van der Waals surface area contributed by atoms with Crippen molar-refractivity contribution in [1.29, 1.82) is 0 Å². The molecule has 0 unspecified atom stereocenters. The molecule has 0 heterocycles. The molecule has 0 atom stereocenters. The number of carbonyl (C=O) groups is 2. The molecule has 5 nitrogen and oxygen atoms in total. The zero-order valence-corrected chi connectivity index (χ0v) is 9.38. The summed E-state index contributed by atoms with van der Waals surface area (Å²) in [5, 5.41) is 2.43. The summed E-state index contributed by atoms with van der Waals surface area (Å²) in [5.41, 5.74) is 0. The van der Waals surface area contributed by atoms with E-state index in [1.807, 2.05) is 13.8 Å². The smallest absolute Gasteiger partial charge is 0.345 e. The first-order valence-corrected chi connectivity index (χ1v) is 5.29. The van der Waals surface area contributed by atoms with Crippen LogP contribution in [0.15, 0.2) is 0 Å². The summed E-state index contributed by atoms with van der Waals surface area (Å²) < 4.78 is 0. The van der Waals surface area contributed by atoms with Crippen molar-refractivity contribution < 1.29 is 19.4 Å². The summed E-state index contributed by atoms with van der Waals surface area (Å²) in [7, 11) is 0. The first-order chi connectivity index (χ1) is 7.20. The zero-order chi connectivity index (χ0) is 11.5. The topological polar surface area (TPSA) is 64.6 Å². The van der Waals surface area contributed by atoms with E-state index in [0.717, 1.165) is 19.3 Å². The fourth-order valence-electron chi connectivity index (χ4n) is 0.826. The van der Waals surface area contributed by atoms with Gasteiger partial charge in [0.05, 0.1) is 6.61 Å². The van der Waals surface area contributed by atoms with Gasteiger partial charge >= 0.3 is 5.97 Å². The molecule has 0 spiro atoms. The van der Waals surface area contributed by atoms with Gasteiger partial charge in [-0.3, -0.25) is 9.68 Å². The van der Waals surface area contributed by atoms with Crippen molar-refractivity contribution in [2.24, 2.45) is 0 Å². The predicted octanol–water partition coefficient (Wildman–Crippen LogP) is 1.18. The Morgan fingerprint density at radius 2 is 1.93 bits per heavy atom. The van der Waals surface area contributed by atoms with Gasteiger partial charge in [-0.1, -0.05) is 20.3 Å². The van der Waals surface area contributed by atoms with Gasteiger partial charge < -0.3 is 5.32 Å². The summed E-state index contributed by atoms with van der Waals surface area (Å²) in [6, 6.07) is 0. The molecule has 0 radical (unpaired) electrons. The van der Waals surface area contributed by atoms with Crippen molar-refractivity contribution in [2.75, 3.05) is 13.2 Å². The molecular weight excluding hydrogens is 198 g/mol. The Bertz CT molecular complexity index is 194. The lowest BCUT2D eigenvalue weighted by atomic mass is 10.3. The fourth-order valence-corrected chi connectivity index (χ4v) is 0.826. The summed E-state index contributed by atoms with van der Waals surface area (Å²) in [5.74, 6) is -0.724. The molecule has 0 saturated carbocycles. The van der Waals surface area contributed by atoms with Gasteiger partial charge in [-0.05, 0) is 12.8 Å². The number of amides is 1. The fraction of sp³-hybridized carbons (Fsp3) is 0.800. The molecule has 15 heavy (non-hydrogen) atoms. The highest BCUT2D eigenvalue weighted by atomic mass is 17.2.